The van der Waals surface area contributed by atoms with E-state index in [0.717, 1.165) is 61.2 Å². The third kappa shape index (κ3) is 6.25. The van der Waals surface area contributed by atoms with Gasteiger partial charge in [-0.15, -0.1) is 0 Å². The van der Waals surface area contributed by atoms with Gasteiger partial charge in [0, 0.05) is 17.6 Å². The van der Waals surface area contributed by atoms with E-state index in [1.54, 1.807) is 0 Å². The van der Waals surface area contributed by atoms with E-state index < -0.39 is 0 Å². The monoisotopic (exact) mass is 401 g/mol. The minimum Gasteiger partial charge on any atom is -0.383 e. The predicted octanol–water partition coefficient (Wildman–Crippen LogP) is 5.92. The van der Waals surface area contributed by atoms with Gasteiger partial charge in [0.15, 0.2) is 5.76 Å². The number of halogens is 1. The van der Waals surface area contributed by atoms with Crippen molar-refractivity contribution < 1.29 is 4.52 Å². The maximum Gasteiger partial charge on any atom is 0.151 e. The van der Waals surface area contributed by atoms with E-state index in [1.807, 2.05) is 18.2 Å². The average Bonchev–Trinajstić information content (AvgIpc) is 3.16. The molecular weight excluding hydrogens is 370 g/mol. The van der Waals surface area contributed by atoms with Crippen molar-refractivity contribution in [3.8, 4) is 0 Å². The lowest BCUT2D eigenvalue weighted by Gasteiger charge is -2.15. The van der Waals surface area contributed by atoms with Crippen LogP contribution >= 0.6 is 11.6 Å². The second-order valence-corrected chi connectivity index (χ2v) is 7.33. The molecule has 1 N–H and O–H groups in total. The minimum absolute atomic E-state index is 0.766. The maximum absolute atomic E-state index is 6.21. The molecule has 0 aliphatic heterocycles. The summed E-state index contributed by atoms with van der Waals surface area (Å²) in [4.78, 5) is 2.29. The molecule has 1 heterocycles. The lowest BCUT2D eigenvalue weighted by Crippen LogP contribution is -2.21. The topological polar surface area (TPSA) is 41.3 Å². The van der Waals surface area contributed by atoms with Gasteiger partial charge in [0.2, 0.25) is 0 Å². The van der Waals surface area contributed by atoms with Gasteiger partial charge in [-0.1, -0.05) is 56.3 Å². The molecule has 0 fully saturated rings. The third-order valence-electron chi connectivity index (χ3n) is 4.87. The molecule has 2 rings (SSSR count). The molecule has 0 atom stereocenters. The zero-order chi connectivity index (χ0) is 20.5. The Kier molecular flexibility index (Phi) is 8.81. The van der Waals surface area contributed by atoms with Gasteiger partial charge in [-0.25, -0.2) is 0 Å². The van der Waals surface area contributed by atoms with Crippen LogP contribution in [0.5, 0.6) is 0 Å². The molecule has 28 heavy (non-hydrogen) atoms. The van der Waals surface area contributed by atoms with E-state index in [4.69, 9.17) is 16.1 Å². The van der Waals surface area contributed by atoms with Gasteiger partial charge in [-0.3, -0.25) is 4.90 Å². The number of aryl methyl sites for hydroxylation is 1. The molecule has 5 heteroatoms. The van der Waals surface area contributed by atoms with E-state index in [9.17, 15) is 0 Å². The summed E-state index contributed by atoms with van der Waals surface area (Å²) in [6, 6.07) is 8.02. The van der Waals surface area contributed by atoms with E-state index in [0.29, 0.717) is 0 Å². The Bertz CT molecular complexity index is 806. The third-order valence-corrected chi connectivity index (χ3v) is 5.11. The highest BCUT2D eigenvalue weighted by molar-refractivity contribution is 6.30. The fourth-order valence-corrected chi connectivity index (χ4v) is 3.34. The van der Waals surface area contributed by atoms with Crippen molar-refractivity contribution in [2.24, 2.45) is 0 Å². The largest absolute Gasteiger partial charge is 0.383 e. The van der Waals surface area contributed by atoms with E-state index in [-0.39, 0.29) is 0 Å². The molecule has 0 spiro atoms. The molecular formula is C23H32ClN3O. The summed E-state index contributed by atoms with van der Waals surface area (Å²) < 4.78 is 5.47. The SMILES string of the molecule is C=C(NCC/C(=C/CC)c1cc(Cl)ccc1C)c1cc(CN(CC)CC)on1. The fraction of sp³-hybridized carbons (Fsp3) is 0.435. The molecule has 0 amide bonds. The van der Waals surface area contributed by atoms with Crippen LogP contribution in [0.2, 0.25) is 5.02 Å². The number of benzene rings is 1. The number of hydrogen-bond donors (Lipinski definition) is 1. The van der Waals surface area contributed by atoms with Crippen LogP contribution in [0.4, 0.5) is 0 Å². The molecule has 2 aromatic rings. The number of rotatable bonds is 11. The second-order valence-electron chi connectivity index (χ2n) is 6.89. The fourth-order valence-electron chi connectivity index (χ4n) is 3.17. The Morgan fingerprint density at radius 1 is 1.25 bits per heavy atom. The lowest BCUT2D eigenvalue weighted by molar-refractivity contribution is 0.251. The molecule has 152 valence electrons. The van der Waals surface area contributed by atoms with E-state index in [1.165, 1.54) is 16.7 Å². The van der Waals surface area contributed by atoms with Crippen LogP contribution < -0.4 is 5.32 Å². The summed E-state index contributed by atoms with van der Waals surface area (Å²) >= 11 is 6.21. The molecule has 4 nitrogen and oxygen atoms in total. The summed E-state index contributed by atoms with van der Waals surface area (Å²) in [6.45, 7) is 16.2. The number of nitrogens with zero attached hydrogens (tertiary/aromatic N) is 2. The van der Waals surface area contributed by atoms with Crippen molar-refractivity contribution in [3.05, 3.63) is 64.5 Å². The Labute approximate surface area is 174 Å². The Morgan fingerprint density at radius 3 is 2.68 bits per heavy atom. The van der Waals surface area contributed by atoms with Crippen LogP contribution in [0.1, 0.15) is 56.2 Å². The highest BCUT2D eigenvalue weighted by atomic mass is 35.5. The highest BCUT2D eigenvalue weighted by Gasteiger charge is 2.11. The molecule has 0 radical (unpaired) electrons. The van der Waals surface area contributed by atoms with E-state index >= 15 is 0 Å². The number of allylic oxidation sites excluding steroid dienone is 1. The van der Waals surface area contributed by atoms with Crippen LogP contribution in [0.25, 0.3) is 11.3 Å². The van der Waals surface area contributed by atoms with Crippen molar-refractivity contribution in [1.29, 1.82) is 0 Å². The highest BCUT2D eigenvalue weighted by Crippen LogP contribution is 2.26. The van der Waals surface area contributed by atoms with Crippen LogP contribution in [0.3, 0.4) is 0 Å². The van der Waals surface area contributed by atoms with Gasteiger partial charge in [-0.2, -0.15) is 0 Å². The predicted molar refractivity (Wildman–Crippen MR) is 119 cm³/mol. The molecule has 0 saturated carbocycles. The smallest absolute Gasteiger partial charge is 0.151 e. The van der Waals surface area contributed by atoms with Crippen LogP contribution in [0, 0.1) is 6.92 Å². The minimum atomic E-state index is 0.766. The molecule has 1 aromatic carbocycles. The standard InChI is InChI=1S/C23H32ClN3O/c1-6-9-19(22-14-20(24)11-10-17(22)4)12-13-25-18(5)23-15-21(28-26-23)16-27(7-2)8-3/h9-11,14-15,25H,5-8,12-13,16H2,1-4H3/b19-9-. The van der Waals surface area contributed by atoms with Crippen molar-refractivity contribution in [3.63, 3.8) is 0 Å². The van der Waals surface area contributed by atoms with Gasteiger partial charge in [0.1, 0.15) is 5.69 Å². The van der Waals surface area contributed by atoms with Gasteiger partial charge in [0.05, 0.1) is 12.2 Å². The molecule has 0 aliphatic rings. The van der Waals surface area contributed by atoms with Crippen molar-refractivity contribution in [2.75, 3.05) is 19.6 Å². The summed E-state index contributed by atoms with van der Waals surface area (Å²) in [7, 11) is 0. The summed E-state index contributed by atoms with van der Waals surface area (Å²) in [5.74, 6) is 0.864. The van der Waals surface area contributed by atoms with Gasteiger partial charge >= 0.3 is 0 Å². The quantitative estimate of drug-likeness (QED) is 0.507. The molecule has 0 unspecified atom stereocenters. The summed E-state index contributed by atoms with van der Waals surface area (Å²) in [6.07, 6.45) is 4.14. The average molecular weight is 402 g/mol. The molecule has 0 aliphatic carbocycles. The summed E-state index contributed by atoms with van der Waals surface area (Å²) in [5, 5.41) is 8.31. The van der Waals surface area contributed by atoms with Crippen LogP contribution in [-0.4, -0.2) is 29.7 Å². The van der Waals surface area contributed by atoms with Crippen molar-refractivity contribution in [2.45, 2.75) is 47.1 Å². The first-order valence-corrected chi connectivity index (χ1v) is 10.4. The Hall–Kier alpha value is -2.04. The van der Waals surface area contributed by atoms with Crippen LogP contribution in [0.15, 0.2) is 41.4 Å². The van der Waals surface area contributed by atoms with E-state index in [2.05, 4.69) is 61.8 Å². The number of nitrogens with one attached hydrogen (secondary N) is 1. The first-order valence-electron chi connectivity index (χ1n) is 10.0. The zero-order valence-electron chi connectivity index (χ0n) is 17.5. The molecule has 0 bridgehead atoms. The normalized spacial score (nSPS) is 11.9. The van der Waals surface area contributed by atoms with Crippen LogP contribution in [-0.2, 0) is 6.54 Å². The molecule has 1 aromatic heterocycles. The number of hydrogen-bond acceptors (Lipinski definition) is 4. The van der Waals surface area contributed by atoms with Gasteiger partial charge < -0.3 is 9.84 Å². The summed E-state index contributed by atoms with van der Waals surface area (Å²) in [5.41, 5.74) is 5.30. The first-order chi connectivity index (χ1) is 13.5. The maximum atomic E-state index is 6.21. The van der Waals surface area contributed by atoms with Crippen molar-refractivity contribution >= 4 is 22.9 Å². The van der Waals surface area contributed by atoms with Gasteiger partial charge in [-0.05, 0) is 61.7 Å². The zero-order valence-corrected chi connectivity index (χ0v) is 18.3. The lowest BCUT2D eigenvalue weighted by atomic mass is 9.97. The Balaban J connectivity index is 1.95. The Morgan fingerprint density at radius 2 is 2.00 bits per heavy atom. The first kappa shape index (κ1) is 22.3. The number of aromatic nitrogens is 1. The second kappa shape index (κ2) is 11.1. The van der Waals surface area contributed by atoms with Crippen molar-refractivity contribution in [1.82, 2.24) is 15.4 Å². The molecule has 0 saturated heterocycles. The van der Waals surface area contributed by atoms with Gasteiger partial charge in [0.25, 0.3) is 0 Å².